The first kappa shape index (κ1) is 17.6. The van der Waals surface area contributed by atoms with Crippen LogP contribution in [0.1, 0.15) is 20.8 Å². The molecule has 0 bridgehead atoms. The lowest BCUT2D eigenvalue weighted by Gasteiger charge is -2.19. The molecule has 0 aromatic heterocycles. The highest BCUT2D eigenvalue weighted by atomic mass is 35.5. The number of sulfone groups is 1. The van der Waals surface area contributed by atoms with Crippen molar-refractivity contribution in [3.8, 4) is 0 Å². The quantitative estimate of drug-likeness (QED) is 0.609. The molecule has 0 saturated carbocycles. The molecule has 0 N–H and O–H groups in total. The molecule has 0 unspecified atom stereocenters. The SMILES string of the molecule is CC(C)(C)OC(=O)CS(=O)(=O)c1cc(Cl)c(Cl)cc1Cl. The summed E-state index contributed by atoms with van der Waals surface area (Å²) in [4.78, 5) is 11.4. The normalized spacial score (nSPS) is 12.3. The smallest absolute Gasteiger partial charge is 0.322 e. The van der Waals surface area contributed by atoms with Crippen LogP contribution in [0.4, 0.5) is 0 Å². The Balaban J connectivity index is 3.07. The van der Waals surface area contributed by atoms with Crippen molar-refractivity contribution in [3.63, 3.8) is 0 Å². The topological polar surface area (TPSA) is 60.4 Å². The van der Waals surface area contributed by atoms with Crippen LogP contribution in [-0.4, -0.2) is 25.7 Å². The van der Waals surface area contributed by atoms with Crippen LogP contribution in [-0.2, 0) is 19.4 Å². The van der Waals surface area contributed by atoms with Crippen molar-refractivity contribution in [2.45, 2.75) is 31.3 Å². The highest BCUT2D eigenvalue weighted by Crippen LogP contribution is 2.32. The molecule has 1 aromatic carbocycles. The van der Waals surface area contributed by atoms with Gasteiger partial charge in [0.15, 0.2) is 15.6 Å². The monoisotopic (exact) mass is 358 g/mol. The molecule has 4 nitrogen and oxygen atoms in total. The maximum atomic E-state index is 12.1. The molecular formula is C12H13Cl3O4S. The fraction of sp³-hybridized carbons (Fsp3) is 0.417. The Kier molecular flexibility index (Phi) is 5.35. The number of hydrogen-bond acceptors (Lipinski definition) is 4. The Morgan fingerprint density at radius 2 is 1.60 bits per heavy atom. The summed E-state index contributed by atoms with van der Waals surface area (Å²) in [6, 6.07) is 2.33. The van der Waals surface area contributed by atoms with Gasteiger partial charge in [0.1, 0.15) is 5.60 Å². The molecular weight excluding hydrogens is 347 g/mol. The molecule has 0 amide bonds. The van der Waals surface area contributed by atoms with Crippen LogP contribution >= 0.6 is 34.8 Å². The van der Waals surface area contributed by atoms with E-state index in [4.69, 9.17) is 39.5 Å². The number of hydrogen-bond donors (Lipinski definition) is 0. The van der Waals surface area contributed by atoms with Gasteiger partial charge in [-0.1, -0.05) is 34.8 Å². The summed E-state index contributed by atoms with van der Waals surface area (Å²) in [5.41, 5.74) is -0.770. The summed E-state index contributed by atoms with van der Waals surface area (Å²) >= 11 is 17.3. The Morgan fingerprint density at radius 1 is 1.10 bits per heavy atom. The average Bonchev–Trinajstić information content (AvgIpc) is 2.19. The third-order valence-corrected chi connectivity index (χ3v) is 4.81. The van der Waals surface area contributed by atoms with Gasteiger partial charge in [0.25, 0.3) is 0 Å². The minimum Gasteiger partial charge on any atom is -0.459 e. The molecule has 20 heavy (non-hydrogen) atoms. The average molecular weight is 360 g/mol. The predicted molar refractivity (Wildman–Crippen MR) is 79.4 cm³/mol. The fourth-order valence-electron chi connectivity index (χ4n) is 1.35. The van der Waals surface area contributed by atoms with Gasteiger partial charge in [-0.15, -0.1) is 0 Å². The molecule has 0 aliphatic rings. The van der Waals surface area contributed by atoms with E-state index in [2.05, 4.69) is 0 Å². The van der Waals surface area contributed by atoms with Crippen molar-refractivity contribution in [1.82, 2.24) is 0 Å². The third-order valence-electron chi connectivity index (χ3n) is 2.04. The molecule has 0 aliphatic heterocycles. The summed E-state index contributed by atoms with van der Waals surface area (Å²) in [7, 11) is -3.95. The lowest BCUT2D eigenvalue weighted by Crippen LogP contribution is -2.28. The van der Waals surface area contributed by atoms with Crippen molar-refractivity contribution in [3.05, 3.63) is 27.2 Å². The minimum absolute atomic E-state index is 0.0406. The van der Waals surface area contributed by atoms with Gasteiger partial charge in [-0.25, -0.2) is 8.42 Å². The first-order chi connectivity index (χ1) is 8.92. The Hall–Kier alpha value is -0.490. The zero-order valence-electron chi connectivity index (χ0n) is 11.0. The van der Waals surface area contributed by atoms with Crippen LogP contribution in [0.3, 0.4) is 0 Å². The van der Waals surface area contributed by atoms with Gasteiger partial charge in [-0.2, -0.15) is 0 Å². The molecule has 0 heterocycles. The molecule has 0 fully saturated rings. The van der Waals surface area contributed by atoms with E-state index in [1.54, 1.807) is 20.8 Å². The van der Waals surface area contributed by atoms with Crippen LogP contribution in [0.25, 0.3) is 0 Å². The van der Waals surface area contributed by atoms with Crippen LogP contribution in [0.15, 0.2) is 17.0 Å². The molecule has 0 spiro atoms. The largest absolute Gasteiger partial charge is 0.459 e. The van der Waals surface area contributed by atoms with Gasteiger partial charge >= 0.3 is 5.97 Å². The molecule has 8 heteroatoms. The van der Waals surface area contributed by atoms with Gasteiger partial charge in [0.2, 0.25) is 0 Å². The van der Waals surface area contributed by atoms with Gasteiger partial charge in [-0.05, 0) is 32.9 Å². The number of benzene rings is 1. The highest BCUT2D eigenvalue weighted by Gasteiger charge is 2.26. The molecule has 0 atom stereocenters. The van der Waals surface area contributed by atoms with Gasteiger partial charge in [0.05, 0.1) is 20.0 Å². The molecule has 0 saturated heterocycles. The van der Waals surface area contributed by atoms with Gasteiger partial charge in [0, 0.05) is 0 Å². The lowest BCUT2D eigenvalue weighted by atomic mass is 10.2. The lowest BCUT2D eigenvalue weighted by molar-refractivity contribution is -0.151. The summed E-state index contributed by atoms with van der Waals surface area (Å²) < 4.78 is 29.2. The van der Waals surface area contributed by atoms with E-state index in [-0.39, 0.29) is 20.0 Å². The summed E-state index contributed by atoms with van der Waals surface area (Å²) in [6.07, 6.45) is 0. The van der Waals surface area contributed by atoms with Crippen LogP contribution in [0.2, 0.25) is 15.1 Å². The Bertz CT molecular complexity index is 633. The number of esters is 1. The van der Waals surface area contributed by atoms with E-state index in [1.807, 2.05) is 0 Å². The van der Waals surface area contributed by atoms with E-state index in [1.165, 1.54) is 6.07 Å². The summed E-state index contributed by atoms with van der Waals surface area (Å²) in [5, 5.41) is 0.0784. The minimum atomic E-state index is -3.95. The number of ether oxygens (including phenoxy) is 1. The standard InChI is InChI=1S/C12H13Cl3O4S/c1-12(2,3)19-11(16)6-20(17,18)10-5-8(14)7(13)4-9(10)15/h4-5H,6H2,1-3H3. The Labute approximate surface area is 132 Å². The van der Waals surface area contributed by atoms with Crippen LogP contribution < -0.4 is 0 Å². The number of carbonyl (C=O) groups excluding carboxylic acids is 1. The van der Waals surface area contributed by atoms with E-state index in [0.717, 1.165) is 6.07 Å². The Morgan fingerprint density at radius 3 is 2.10 bits per heavy atom. The van der Waals surface area contributed by atoms with Gasteiger partial charge in [-0.3, -0.25) is 4.79 Å². The van der Waals surface area contributed by atoms with E-state index >= 15 is 0 Å². The van der Waals surface area contributed by atoms with Gasteiger partial charge < -0.3 is 4.74 Å². The second-order valence-corrected chi connectivity index (χ2v) is 8.22. The number of rotatable bonds is 3. The van der Waals surface area contributed by atoms with Crippen LogP contribution in [0.5, 0.6) is 0 Å². The van der Waals surface area contributed by atoms with E-state index in [0.29, 0.717) is 0 Å². The molecule has 0 radical (unpaired) electrons. The molecule has 0 aliphatic carbocycles. The molecule has 112 valence electrons. The van der Waals surface area contributed by atoms with Crippen molar-refractivity contribution in [2.75, 3.05) is 5.75 Å². The van der Waals surface area contributed by atoms with Crippen molar-refractivity contribution in [2.24, 2.45) is 0 Å². The van der Waals surface area contributed by atoms with E-state index in [9.17, 15) is 13.2 Å². The molecule has 1 aromatic rings. The fourth-order valence-corrected chi connectivity index (χ4v) is 3.49. The maximum Gasteiger partial charge on any atom is 0.322 e. The predicted octanol–water partition coefficient (Wildman–Crippen LogP) is 3.76. The summed E-state index contributed by atoms with van der Waals surface area (Å²) in [6.45, 7) is 4.93. The van der Waals surface area contributed by atoms with Crippen molar-refractivity contribution < 1.29 is 17.9 Å². The zero-order chi connectivity index (χ0) is 15.7. The first-order valence-corrected chi connectivity index (χ1v) is 8.30. The zero-order valence-corrected chi connectivity index (χ0v) is 14.1. The maximum absolute atomic E-state index is 12.1. The van der Waals surface area contributed by atoms with Crippen molar-refractivity contribution >= 4 is 50.6 Å². The second-order valence-electron chi connectivity index (χ2n) is 5.04. The highest BCUT2D eigenvalue weighted by molar-refractivity contribution is 7.92. The van der Waals surface area contributed by atoms with E-state index < -0.39 is 27.2 Å². The number of carbonyl (C=O) groups is 1. The third kappa shape index (κ3) is 4.81. The molecule has 1 rings (SSSR count). The summed E-state index contributed by atoms with van der Waals surface area (Å²) in [5.74, 6) is -1.68. The second kappa shape index (κ2) is 6.10. The van der Waals surface area contributed by atoms with Crippen molar-refractivity contribution in [1.29, 1.82) is 0 Å². The number of halogens is 3. The first-order valence-electron chi connectivity index (χ1n) is 5.51. The van der Waals surface area contributed by atoms with Crippen LogP contribution in [0, 0.1) is 0 Å².